The Bertz CT molecular complexity index is 634. The van der Waals surface area contributed by atoms with Crippen molar-refractivity contribution in [2.75, 3.05) is 0 Å². The van der Waals surface area contributed by atoms with Gasteiger partial charge in [0.25, 0.3) is 9.05 Å². The van der Waals surface area contributed by atoms with Crippen LogP contribution in [0.1, 0.15) is 5.56 Å². The molecule has 0 aliphatic heterocycles. The largest absolute Gasteiger partial charge is 0.261 e. The number of aryl methyl sites for hydroxylation is 1. The zero-order chi connectivity index (χ0) is 12.5. The summed E-state index contributed by atoms with van der Waals surface area (Å²) in [7, 11) is 1.67. The summed E-state index contributed by atoms with van der Waals surface area (Å²) in [6, 6.07) is 14.9. The van der Waals surface area contributed by atoms with Gasteiger partial charge in [-0.25, -0.2) is 8.42 Å². The Kier molecular flexibility index (Phi) is 3.22. The average molecular weight is 267 g/mol. The second-order valence-electron chi connectivity index (χ2n) is 3.78. The molecule has 0 aromatic heterocycles. The maximum absolute atomic E-state index is 11.3. The van der Waals surface area contributed by atoms with Crippen molar-refractivity contribution in [2.45, 2.75) is 11.8 Å². The van der Waals surface area contributed by atoms with Gasteiger partial charge in [-0.05, 0) is 29.7 Å². The van der Waals surface area contributed by atoms with E-state index in [1.165, 1.54) is 0 Å². The van der Waals surface area contributed by atoms with Crippen LogP contribution in [0.15, 0.2) is 53.4 Å². The van der Waals surface area contributed by atoms with Crippen LogP contribution in [-0.2, 0) is 9.05 Å². The molecule has 0 amide bonds. The molecule has 0 bridgehead atoms. The fraction of sp³-hybridized carbons (Fsp3) is 0.0769. The molecule has 88 valence electrons. The van der Waals surface area contributed by atoms with Gasteiger partial charge in [-0.1, -0.05) is 42.5 Å². The zero-order valence-corrected chi connectivity index (χ0v) is 10.8. The van der Waals surface area contributed by atoms with E-state index in [0.29, 0.717) is 5.56 Å². The SMILES string of the molecule is Cc1cc(-c2ccccc2)ccc1S(=O)(=O)Cl. The van der Waals surface area contributed by atoms with Crippen molar-refractivity contribution in [3.8, 4) is 11.1 Å². The lowest BCUT2D eigenvalue weighted by Crippen LogP contribution is -1.94. The van der Waals surface area contributed by atoms with Gasteiger partial charge in [-0.15, -0.1) is 0 Å². The van der Waals surface area contributed by atoms with Crippen LogP contribution in [0.3, 0.4) is 0 Å². The Labute approximate surface area is 105 Å². The predicted octanol–water partition coefficient (Wildman–Crippen LogP) is 3.59. The summed E-state index contributed by atoms with van der Waals surface area (Å²) in [5, 5.41) is 0. The zero-order valence-electron chi connectivity index (χ0n) is 9.22. The highest BCUT2D eigenvalue weighted by Crippen LogP contribution is 2.26. The van der Waals surface area contributed by atoms with Gasteiger partial charge < -0.3 is 0 Å². The van der Waals surface area contributed by atoms with E-state index in [-0.39, 0.29) is 4.90 Å². The van der Waals surface area contributed by atoms with Crippen LogP contribution >= 0.6 is 10.7 Å². The highest BCUT2D eigenvalue weighted by Gasteiger charge is 2.13. The van der Waals surface area contributed by atoms with Crippen LogP contribution in [0, 0.1) is 6.92 Å². The quantitative estimate of drug-likeness (QED) is 0.779. The van der Waals surface area contributed by atoms with Crippen molar-refractivity contribution in [3.63, 3.8) is 0 Å². The third-order valence-electron chi connectivity index (χ3n) is 2.54. The van der Waals surface area contributed by atoms with Gasteiger partial charge in [-0.2, -0.15) is 0 Å². The van der Waals surface area contributed by atoms with E-state index in [4.69, 9.17) is 10.7 Å². The van der Waals surface area contributed by atoms with Crippen molar-refractivity contribution in [2.24, 2.45) is 0 Å². The number of halogens is 1. The van der Waals surface area contributed by atoms with E-state index < -0.39 is 9.05 Å². The summed E-state index contributed by atoms with van der Waals surface area (Å²) in [4.78, 5) is 0.166. The maximum Gasteiger partial charge on any atom is 0.261 e. The summed E-state index contributed by atoms with van der Waals surface area (Å²) in [6.45, 7) is 1.74. The topological polar surface area (TPSA) is 34.1 Å². The van der Waals surface area contributed by atoms with Gasteiger partial charge in [0, 0.05) is 10.7 Å². The van der Waals surface area contributed by atoms with Crippen LogP contribution < -0.4 is 0 Å². The Balaban J connectivity index is 2.53. The van der Waals surface area contributed by atoms with Crippen LogP contribution in [0.5, 0.6) is 0 Å². The molecule has 0 unspecified atom stereocenters. The molecule has 2 aromatic carbocycles. The van der Waals surface area contributed by atoms with E-state index in [0.717, 1.165) is 11.1 Å². The van der Waals surface area contributed by atoms with E-state index in [1.807, 2.05) is 36.4 Å². The minimum atomic E-state index is -3.66. The smallest absolute Gasteiger partial charge is 0.207 e. The number of hydrogen-bond donors (Lipinski definition) is 0. The maximum atomic E-state index is 11.3. The van der Waals surface area contributed by atoms with Crippen molar-refractivity contribution in [1.82, 2.24) is 0 Å². The molecule has 0 saturated carbocycles. The molecule has 0 N–H and O–H groups in total. The molecule has 2 nitrogen and oxygen atoms in total. The summed E-state index contributed by atoms with van der Waals surface area (Å²) >= 11 is 0. The Hall–Kier alpha value is -1.32. The van der Waals surface area contributed by atoms with Gasteiger partial charge in [0.1, 0.15) is 0 Å². The van der Waals surface area contributed by atoms with Crippen molar-refractivity contribution < 1.29 is 8.42 Å². The molecule has 0 atom stereocenters. The molecule has 2 rings (SSSR count). The molecular weight excluding hydrogens is 256 g/mol. The van der Waals surface area contributed by atoms with E-state index in [9.17, 15) is 8.42 Å². The molecule has 0 fully saturated rings. The first-order valence-corrected chi connectivity index (χ1v) is 7.40. The number of rotatable bonds is 2. The Morgan fingerprint density at radius 2 is 1.59 bits per heavy atom. The Morgan fingerprint density at radius 3 is 2.12 bits per heavy atom. The van der Waals surface area contributed by atoms with E-state index in [2.05, 4.69) is 0 Å². The molecule has 0 saturated heterocycles. The minimum Gasteiger partial charge on any atom is -0.207 e. The minimum absolute atomic E-state index is 0.166. The Morgan fingerprint density at radius 1 is 0.941 bits per heavy atom. The highest BCUT2D eigenvalue weighted by molar-refractivity contribution is 8.13. The first kappa shape index (κ1) is 12.1. The van der Waals surface area contributed by atoms with Crippen LogP contribution in [0.2, 0.25) is 0 Å². The van der Waals surface area contributed by atoms with Crippen LogP contribution in [0.4, 0.5) is 0 Å². The van der Waals surface area contributed by atoms with E-state index >= 15 is 0 Å². The van der Waals surface area contributed by atoms with Crippen LogP contribution in [-0.4, -0.2) is 8.42 Å². The highest BCUT2D eigenvalue weighted by atomic mass is 35.7. The fourth-order valence-corrected chi connectivity index (χ4v) is 2.93. The molecule has 2 aromatic rings. The third kappa shape index (κ3) is 2.68. The lowest BCUT2D eigenvalue weighted by atomic mass is 10.0. The number of benzene rings is 2. The second kappa shape index (κ2) is 4.51. The number of hydrogen-bond acceptors (Lipinski definition) is 2. The second-order valence-corrected chi connectivity index (χ2v) is 6.32. The predicted molar refractivity (Wildman–Crippen MR) is 69.7 cm³/mol. The normalized spacial score (nSPS) is 11.4. The van der Waals surface area contributed by atoms with Gasteiger partial charge >= 0.3 is 0 Å². The first-order valence-electron chi connectivity index (χ1n) is 5.09. The summed E-state index contributed by atoms with van der Waals surface area (Å²) in [5.41, 5.74) is 2.68. The fourth-order valence-electron chi connectivity index (χ4n) is 1.73. The van der Waals surface area contributed by atoms with Gasteiger partial charge in [-0.3, -0.25) is 0 Å². The lowest BCUT2D eigenvalue weighted by Gasteiger charge is -2.06. The van der Waals surface area contributed by atoms with Crippen molar-refractivity contribution in [1.29, 1.82) is 0 Å². The monoisotopic (exact) mass is 266 g/mol. The van der Waals surface area contributed by atoms with Crippen molar-refractivity contribution in [3.05, 3.63) is 54.1 Å². The molecule has 0 heterocycles. The summed E-state index contributed by atoms with van der Waals surface area (Å²) < 4.78 is 22.5. The third-order valence-corrected chi connectivity index (χ3v) is 4.03. The summed E-state index contributed by atoms with van der Waals surface area (Å²) in [6.07, 6.45) is 0. The first-order chi connectivity index (χ1) is 7.98. The van der Waals surface area contributed by atoms with Crippen molar-refractivity contribution >= 4 is 19.7 Å². The molecule has 0 radical (unpaired) electrons. The summed E-state index contributed by atoms with van der Waals surface area (Å²) in [5.74, 6) is 0. The molecule has 0 spiro atoms. The molecule has 0 aliphatic carbocycles. The molecule has 0 aliphatic rings. The lowest BCUT2D eigenvalue weighted by molar-refractivity contribution is 0.609. The van der Waals surface area contributed by atoms with Gasteiger partial charge in [0.05, 0.1) is 4.90 Å². The van der Waals surface area contributed by atoms with Gasteiger partial charge in [0.2, 0.25) is 0 Å². The average Bonchev–Trinajstić information content (AvgIpc) is 2.28. The molecular formula is C13H11ClO2S. The van der Waals surface area contributed by atoms with Gasteiger partial charge in [0.15, 0.2) is 0 Å². The molecule has 17 heavy (non-hydrogen) atoms. The molecule has 4 heteroatoms. The van der Waals surface area contributed by atoms with Crippen LogP contribution in [0.25, 0.3) is 11.1 Å². The van der Waals surface area contributed by atoms with E-state index in [1.54, 1.807) is 19.1 Å². The standard InChI is InChI=1S/C13H11ClO2S/c1-10-9-12(11-5-3-2-4-6-11)7-8-13(10)17(14,15)16/h2-9H,1H3.